The Morgan fingerprint density at radius 3 is 2.69 bits per heavy atom. The maximum atomic E-state index is 5.92. The molecule has 144 valence electrons. The number of nitrogens with zero attached hydrogens (tertiary/aromatic N) is 4. The van der Waals surface area contributed by atoms with Crippen molar-refractivity contribution < 1.29 is 4.74 Å². The maximum absolute atomic E-state index is 5.92. The first kappa shape index (κ1) is 22.2. The van der Waals surface area contributed by atoms with Crippen molar-refractivity contribution >= 4 is 29.9 Å². The molecule has 1 heterocycles. The van der Waals surface area contributed by atoms with Gasteiger partial charge in [-0.2, -0.15) is 0 Å². The highest BCUT2D eigenvalue weighted by Crippen LogP contribution is 2.22. The number of hydrogen-bond acceptors (Lipinski definition) is 4. The summed E-state index contributed by atoms with van der Waals surface area (Å²) in [5.41, 5.74) is 2.24. The van der Waals surface area contributed by atoms with Crippen molar-refractivity contribution in [2.45, 2.75) is 46.9 Å². The van der Waals surface area contributed by atoms with E-state index in [1.54, 1.807) is 6.33 Å². The first-order valence-corrected chi connectivity index (χ1v) is 8.60. The fourth-order valence-corrected chi connectivity index (χ4v) is 2.29. The van der Waals surface area contributed by atoms with Crippen LogP contribution in [0.15, 0.2) is 29.5 Å². The summed E-state index contributed by atoms with van der Waals surface area (Å²) in [7, 11) is 1.92. The van der Waals surface area contributed by atoms with E-state index in [-0.39, 0.29) is 30.1 Å². The summed E-state index contributed by atoms with van der Waals surface area (Å²) < 4.78 is 7.80. The van der Waals surface area contributed by atoms with Crippen LogP contribution in [0.3, 0.4) is 0 Å². The van der Waals surface area contributed by atoms with Crippen LogP contribution in [-0.4, -0.2) is 33.4 Å². The van der Waals surface area contributed by atoms with Gasteiger partial charge in [0, 0.05) is 19.2 Å². The molecule has 0 saturated carbocycles. The van der Waals surface area contributed by atoms with E-state index in [0.717, 1.165) is 29.6 Å². The van der Waals surface area contributed by atoms with Crippen LogP contribution < -0.4 is 15.4 Å². The van der Waals surface area contributed by atoms with E-state index in [1.807, 2.05) is 32.4 Å². The van der Waals surface area contributed by atoms with Crippen molar-refractivity contribution in [3.8, 4) is 5.75 Å². The van der Waals surface area contributed by atoms with Gasteiger partial charge in [0.05, 0.1) is 19.2 Å². The van der Waals surface area contributed by atoms with Gasteiger partial charge in [-0.15, -0.1) is 34.2 Å². The SMILES string of the molecule is CCNC(=NCc1ccc(C)cc1OC(C)C)NCc1nncn1C.I. The molecule has 0 unspecified atom stereocenters. The zero-order valence-electron chi connectivity index (χ0n) is 16.1. The van der Waals surface area contributed by atoms with Crippen LogP contribution in [-0.2, 0) is 20.1 Å². The molecule has 2 aromatic rings. The molecular weight excluding hydrogens is 443 g/mol. The lowest BCUT2D eigenvalue weighted by atomic mass is 10.1. The highest BCUT2D eigenvalue weighted by molar-refractivity contribution is 14.0. The van der Waals surface area contributed by atoms with Crippen molar-refractivity contribution in [3.63, 3.8) is 0 Å². The van der Waals surface area contributed by atoms with Crippen LogP contribution >= 0.6 is 24.0 Å². The van der Waals surface area contributed by atoms with Crippen molar-refractivity contribution in [3.05, 3.63) is 41.5 Å². The standard InChI is InChI=1S/C18H28N6O.HI/c1-6-19-18(21-11-17-23-22-12-24(17)5)20-10-15-8-7-14(4)9-16(15)25-13(2)3;/h7-9,12-13H,6,10-11H2,1-5H3,(H2,19,20,21);1H. The maximum Gasteiger partial charge on any atom is 0.191 e. The summed E-state index contributed by atoms with van der Waals surface area (Å²) >= 11 is 0. The van der Waals surface area contributed by atoms with E-state index in [0.29, 0.717) is 13.1 Å². The molecule has 2 rings (SSSR count). The molecule has 0 atom stereocenters. The largest absolute Gasteiger partial charge is 0.491 e. The van der Waals surface area contributed by atoms with Crippen molar-refractivity contribution in [1.82, 2.24) is 25.4 Å². The normalized spacial score (nSPS) is 11.2. The topological polar surface area (TPSA) is 76.4 Å². The predicted octanol–water partition coefficient (Wildman–Crippen LogP) is 2.78. The van der Waals surface area contributed by atoms with Crippen molar-refractivity contribution in [2.24, 2.45) is 12.0 Å². The van der Waals surface area contributed by atoms with E-state index in [9.17, 15) is 0 Å². The van der Waals surface area contributed by atoms with Crippen LogP contribution in [0.4, 0.5) is 0 Å². The number of benzene rings is 1. The summed E-state index contributed by atoms with van der Waals surface area (Å²) in [5, 5.41) is 14.5. The summed E-state index contributed by atoms with van der Waals surface area (Å²) in [6.45, 7) is 10.0. The third-order valence-electron chi connectivity index (χ3n) is 3.56. The number of guanidine groups is 1. The zero-order valence-corrected chi connectivity index (χ0v) is 18.4. The molecule has 26 heavy (non-hydrogen) atoms. The number of rotatable bonds is 7. The molecular formula is C18H29IN6O. The second-order valence-electron chi connectivity index (χ2n) is 6.18. The molecule has 1 aromatic carbocycles. The summed E-state index contributed by atoms with van der Waals surface area (Å²) in [4.78, 5) is 4.67. The van der Waals surface area contributed by atoms with Gasteiger partial charge in [0.2, 0.25) is 0 Å². The van der Waals surface area contributed by atoms with Gasteiger partial charge in [-0.3, -0.25) is 0 Å². The average molecular weight is 472 g/mol. The van der Waals surface area contributed by atoms with Gasteiger partial charge in [-0.1, -0.05) is 12.1 Å². The van der Waals surface area contributed by atoms with Gasteiger partial charge in [0.15, 0.2) is 11.8 Å². The average Bonchev–Trinajstić information content (AvgIpc) is 2.96. The molecule has 0 saturated heterocycles. The third-order valence-corrected chi connectivity index (χ3v) is 3.56. The van der Waals surface area contributed by atoms with Gasteiger partial charge < -0.3 is 19.9 Å². The van der Waals surface area contributed by atoms with Gasteiger partial charge >= 0.3 is 0 Å². The Balaban J connectivity index is 0.00000338. The monoisotopic (exact) mass is 472 g/mol. The molecule has 8 heteroatoms. The van der Waals surface area contributed by atoms with Gasteiger partial charge in [-0.05, 0) is 39.3 Å². The molecule has 2 N–H and O–H groups in total. The predicted molar refractivity (Wildman–Crippen MR) is 115 cm³/mol. The Morgan fingerprint density at radius 2 is 2.08 bits per heavy atom. The van der Waals surface area contributed by atoms with Crippen LogP contribution in [0, 0.1) is 6.92 Å². The van der Waals surface area contributed by atoms with E-state index < -0.39 is 0 Å². The van der Waals surface area contributed by atoms with E-state index >= 15 is 0 Å². The van der Waals surface area contributed by atoms with Crippen LogP contribution in [0.25, 0.3) is 0 Å². The summed E-state index contributed by atoms with van der Waals surface area (Å²) in [6.07, 6.45) is 1.81. The Hall–Kier alpha value is -1.84. The van der Waals surface area contributed by atoms with Gasteiger partial charge in [-0.25, -0.2) is 4.99 Å². The second-order valence-corrected chi connectivity index (χ2v) is 6.18. The third kappa shape index (κ3) is 6.81. The molecule has 0 spiro atoms. The Kier molecular flexibility index (Phi) is 9.39. The minimum atomic E-state index is 0. The molecule has 0 aliphatic carbocycles. The molecule has 0 aliphatic heterocycles. The molecule has 1 aromatic heterocycles. The lowest BCUT2D eigenvalue weighted by molar-refractivity contribution is 0.240. The Morgan fingerprint density at radius 1 is 1.31 bits per heavy atom. The highest BCUT2D eigenvalue weighted by Gasteiger charge is 2.07. The summed E-state index contributed by atoms with van der Waals surface area (Å²) in [5.74, 6) is 2.48. The minimum absolute atomic E-state index is 0. The van der Waals surface area contributed by atoms with Crippen molar-refractivity contribution in [2.75, 3.05) is 6.54 Å². The molecule has 0 fully saturated rings. The lowest BCUT2D eigenvalue weighted by Gasteiger charge is -2.15. The van der Waals surface area contributed by atoms with Crippen LogP contribution in [0.5, 0.6) is 5.75 Å². The molecule has 0 radical (unpaired) electrons. The fourth-order valence-electron chi connectivity index (χ4n) is 2.29. The fraction of sp³-hybridized carbons (Fsp3) is 0.500. The number of halogens is 1. The van der Waals surface area contributed by atoms with Crippen molar-refractivity contribution in [1.29, 1.82) is 0 Å². The quantitative estimate of drug-likeness (QED) is 0.368. The number of ether oxygens (including phenoxy) is 1. The van der Waals surface area contributed by atoms with Crippen LogP contribution in [0.2, 0.25) is 0 Å². The Labute approximate surface area is 172 Å². The smallest absolute Gasteiger partial charge is 0.191 e. The number of nitrogens with one attached hydrogen (secondary N) is 2. The first-order valence-electron chi connectivity index (χ1n) is 8.60. The highest BCUT2D eigenvalue weighted by atomic mass is 127. The minimum Gasteiger partial charge on any atom is -0.491 e. The summed E-state index contributed by atoms with van der Waals surface area (Å²) in [6, 6.07) is 6.21. The second kappa shape index (κ2) is 11.0. The van der Waals surface area contributed by atoms with E-state index in [4.69, 9.17) is 4.74 Å². The molecule has 0 aliphatic rings. The van der Waals surface area contributed by atoms with Crippen LogP contribution in [0.1, 0.15) is 37.7 Å². The number of aliphatic imine (C=N–C) groups is 1. The number of aryl methyl sites for hydroxylation is 2. The Bertz CT molecular complexity index is 713. The molecule has 7 nitrogen and oxygen atoms in total. The van der Waals surface area contributed by atoms with E-state index in [1.165, 1.54) is 5.56 Å². The number of aromatic nitrogens is 3. The lowest BCUT2D eigenvalue weighted by Crippen LogP contribution is -2.37. The molecule has 0 amide bonds. The first-order chi connectivity index (χ1) is 12.0. The number of hydrogen-bond donors (Lipinski definition) is 2. The van der Waals surface area contributed by atoms with Gasteiger partial charge in [0.25, 0.3) is 0 Å². The van der Waals surface area contributed by atoms with Gasteiger partial charge in [0.1, 0.15) is 12.1 Å². The molecule has 0 bridgehead atoms. The zero-order chi connectivity index (χ0) is 18.2. The van der Waals surface area contributed by atoms with E-state index in [2.05, 4.69) is 50.9 Å².